The zero-order chi connectivity index (χ0) is 17.3. The Morgan fingerprint density at radius 1 is 1.12 bits per heavy atom. The van der Waals surface area contributed by atoms with Gasteiger partial charge in [-0.15, -0.1) is 0 Å². The second-order valence-corrected chi connectivity index (χ2v) is 7.28. The summed E-state index contributed by atoms with van der Waals surface area (Å²) in [5.74, 6) is 0.982. The van der Waals surface area contributed by atoms with Gasteiger partial charge in [0.2, 0.25) is 0 Å². The first-order valence-corrected chi connectivity index (χ1v) is 8.91. The molecular weight excluding hydrogens is 310 g/mol. The summed E-state index contributed by atoms with van der Waals surface area (Å²) in [6.07, 6.45) is 2.00. The molecule has 2 heterocycles. The molecule has 2 aromatic carbocycles. The Hall–Kier alpha value is -2.46. The second kappa shape index (κ2) is 6.45. The van der Waals surface area contributed by atoms with Crippen LogP contribution in [0.1, 0.15) is 19.4 Å². The van der Waals surface area contributed by atoms with Crippen molar-refractivity contribution in [3.05, 3.63) is 60.3 Å². The Morgan fingerprint density at radius 2 is 2.00 bits per heavy atom. The van der Waals surface area contributed by atoms with Gasteiger partial charge >= 0.3 is 0 Å². The SMILES string of the molecule is CC1(C)CN(CCNCc2cccc3[nH]ccc23)c2ccccc2O1. The maximum atomic E-state index is 6.10. The lowest BCUT2D eigenvalue weighted by atomic mass is 10.1. The summed E-state index contributed by atoms with van der Waals surface area (Å²) in [5.41, 5.74) is 3.56. The lowest BCUT2D eigenvalue weighted by molar-refractivity contribution is 0.105. The van der Waals surface area contributed by atoms with Gasteiger partial charge in [-0.3, -0.25) is 0 Å². The fourth-order valence-corrected chi connectivity index (χ4v) is 3.62. The average molecular weight is 335 g/mol. The first kappa shape index (κ1) is 16.0. The van der Waals surface area contributed by atoms with Gasteiger partial charge in [0.05, 0.1) is 12.2 Å². The molecule has 130 valence electrons. The molecule has 0 amide bonds. The van der Waals surface area contributed by atoms with Gasteiger partial charge < -0.3 is 19.9 Å². The smallest absolute Gasteiger partial charge is 0.143 e. The van der Waals surface area contributed by atoms with Crippen molar-refractivity contribution in [2.75, 3.05) is 24.5 Å². The van der Waals surface area contributed by atoms with Gasteiger partial charge in [-0.1, -0.05) is 24.3 Å². The van der Waals surface area contributed by atoms with E-state index in [1.54, 1.807) is 0 Å². The van der Waals surface area contributed by atoms with E-state index in [-0.39, 0.29) is 5.60 Å². The first-order valence-electron chi connectivity index (χ1n) is 8.91. The van der Waals surface area contributed by atoms with Crippen molar-refractivity contribution in [3.63, 3.8) is 0 Å². The van der Waals surface area contributed by atoms with E-state index in [2.05, 4.69) is 71.5 Å². The van der Waals surface area contributed by atoms with Gasteiger partial charge in [0.15, 0.2) is 0 Å². The fraction of sp³-hybridized carbons (Fsp3) is 0.333. The van der Waals surface area contributed by atoms with E-state index in [1.807, 2.05) is 12.3 Å². The van der Waals surface area contributed by atoms with Crippen LogP contribution < -0.4 is 15.0 Å². The monoisotopic (exact) mass is 335 g/mol. The van der Waals surface area contributed by atoms with Crippen molar-refractivity contribution in [1.82, 2.24) is 10.3 Å². The predicted molar refractivity (Wildman–Crippen MR) is 103 cm³/mol. The molecule has 4 rings (SSSR count). The van der Waals surface area contributed by atoms with Crippen LogP contribution in [0.4, 0.5) is 5.69 Å². The molecular formula is C21H25N3O. The molecule has 4 nitrogen and oxygen atoms in total. The number of para-hydroxylation sites is 2. The molecule has 0 fully saturated rings. The standard InChI is InChI=1S/C21H25N3O/c1-21(2)15-24(19-8-3-4-9-20(19)25-21)13-12-22-14-16-6-5-7-18-17(16)10-11-23-18/h3-11,22-23H,12-15H2,1-2H3. The fourth-order valence-electron chi connectivity index (χ4n) is 3.62. The average Bonchev–Trinajstić information content (AvgIpc) is 3.07. The molecule has 1 aromatic heterocycles. The molecule has 0 spiro atoms. The number of nitrogens with one attached hydrogen (secondary N) is 2. The Kier molecular flexibility index (Phi) is 4.14. The zero-order valence-corrected chi connectivity index (χ0v) is 14.9. The maximum absolute atomic E-state index is 6.10. The lowest BCUT2D eigenvalue weighted by Crippen LogP contribution is -2.48. The number of ether oxygens (including phenoxy) is 1. The van der Waals surface area contributed by atoms with E-state index in [0.29, 0.717) is 0 Å². The Bertz CT molecular complexity index is 868. The van der Waals surface area contributed by atoms with Crippen LogP contribution >= 0.6 is 0 Å². The highest BCUT2D eigenvalue weighted by Gasteiger charge is 2.30. The first-order chi connectivity index (χ1) is 12.1. The van der Waals surface area contributed by atoms with Gasteiger partial charge in [-0.25, -0.2) is 0 Å². The Balaban J connectivity index is 1.39. The van der Waals surface area contributed by atoms with Crippen LogP contribution in [-0.2, 0) is 6.54 Å². The summed E-state index contributed by atoms with van der Waals surface area (Å²) in [6, 6.07) is 16.9. The van der Waals surface area contributed by atoms with E-state index in [0.717, 1.165) is 31.9 Å². The summed E-state index contributed by atoms with van der Waals surface area (Å²) < 4.78 is 6.10. The van der Waals surface area contributed by atoms with Crippen molar-refractivity contribution >= 4 is 16.6 Å². The zero-order valence-electron chi connectivity index (χ0n) is 14.9. The normalized spacial score (nSPS) is 15.8. The Morgan fingerprint density at radius 3 is 2.92 bits per heavy atom. The van der Waals surface area contributed by atoms with E-state index in [4.69, 9.17) is 4.74 Å². The number of aromatic amines is 1. The number of anilines is 1. The largest absolute Gasteiger partial charge is 0.484 e. The Labute approximate surface area is 148 Å². The number of fused-ring (bicyclic) bond motifs is 2. The molecule has 1 aliphatic rings. The van der Waals surface area contributed by atoms with Crippen LogP contribution in [0.15, 0.2) is 54.7 Å². The van der Waals surface area contributed by atoms with Crippen molar-refractivity contribution in [1.29, 1.82) is 0 Å². The van der Waals surface area contributed by atoms with Gasteiger partial charge in [0.1, 0.15) is 11.4 Å². The molecule has 0 saturated heterocycles. The molecule has 0 radical (unpaired) electrons. The molecule has 0 bridgehead atoms. The van der Waals surface area contributed by atoms with Crippen molar-refractivity contribution in [3.8, 4) is 5.75 Å². The van der Waals surface area contributed by atoms with Gasteiger partial charge in [-0.05, 0) is 43.7 Å². The highest BCUT2D eigenvalue weighted by Crippen LogP contribution is 2.36. The van der Waals surface area contributed by atoms with E-state index >= 15 is 0 Å². The molecule has 1 aliphatic heterocycles. The van der Waals surface area contributed by atoms with Crippen LogP contribution in [0.3, 0.4) is 0 Å². The molecule has 0 aliphatic carbocycles. The highest BCUT2D eigenvalue weighted by atomic mass is 16.5. The number of hydrogen-bond acceptors (Lipinski definition) is 3. The third-order valence-electron chi connectivity index (χ3n) is 4.72. The highest BCUT2D eigenvalue weighted by molar-refractivity contribution is 5.82. The summed E-state index contributed by atoms with van der Waals surface area (Å²) in [5, 5.41) is 4.89. The van der Waals surface area contributed by atoms with Crippen LogP contribution in [0.5, 0.6) is 5.75 Å². The molecule has 4 heteroatoms. The minimum atomic E-state index is -0.162. The quantitative estimate of drug-likeness (QED) is 0.694. The minimum Gasteiger partial charge on any atom is -0.484 e. The number of hydrogen-bond donors (Lipinski definition) is 2. The van der Waals surface area contributed by atoms with Crippen LogP contribution in [0.2, 0.25) is 0 Å². The van der Waals surface area contributed by atoms with Crippen molar-refractivity contribution in [2.45, 2.75) is 26.0 Å². The summed E-state index contributed by atoms with van der Waals surface area (Å²) in [6.45, 7) is 7.98. The minimum absolute atomic E-state index is 0.162. The summed E-state index contributed by atoms with van der Waals surface area (Å²) in [7, 11) is 0. The van der Waals surface area contributed by atoms with Gasteiger partial charge in [0, 0.05) is 36.7 Å². The second-order valence-electron chi connectivity index (χ2n) is 7.28. The number of benzene rings is 2. The lowest BCUT2D eigenvalue weighted by Gasteiger charge is -2.41. The molecule has 2 N–H and O–H groups in total. The van der Waals surface area contributed by atoms with Crippen LogP contribution in [0.25, 0.3) is 10.9 Å². The third-order valence-corrected chi connectivity index (χ3v) is 4.72. The molecule has 0 unspecified atom stereocenters. The molecule has 25 heavy (non-hydrogen) atoms. The van der Waals surface area contributed by atoms with Gasteiger partial charge in [-0.2, -0.15) is 0 Å². The molecule has 0 atom stereocenters. The third kappa shape index (κ3) is 3.35. The van der Waals surface area contributed by atoms with E-state index in [1.165, 1.54) is 22.2 Å². The summed E-state index contributed by atoms with van der Waals surface area (Å²) in [4.78, 5) is 5.69. The topological polar surface area (TPSA) is 40.3 Å². The van der Waals surface area contributed by atoms with Crippen LogP contribution in [0, 0.1) is 0 Å². The van der Waals surface area contributed by atoms with Crippen molar-refractivity contribution < 1.29 is 4.74 Å². The van der Waals surface area contributed by atoms with E-state index in [9.17, 15) is 0 Å². The van der Waals surface area contributed by atoms with Crippen LogP contribution in [-0.4, -0.2) is 30.2 Å². The number of rotatable bonds is 5. The van der Waals surface area contributed by atoms with E-state index < -0.39 is 0 Å². The van der Waals surface area contributed by atoms with Gasteiger partial charge in [0.25, 0.3) is 0 Å². The predicted octanol–water partition coefficient (Wildman–Crippen LogP) is 3.94. The summed E-state index contributed by atoms with van der Waals surface area (Å²) >= 11 is 0. The number of nitrogens with zero attached hydrogens (tertiary/aromatic N) is 1. The van der Waals surface area contributed by atoms with Crippen molar-refractivity contribution in [2.24, 2.45) is 0 Å². The number of aromatic nitrogens is 1. The maximum Gasteiger partial charge on any atom is 0.143 e. The number of H-pyrrole nitrogens is 1. The molecule has 0 saturated carbocycles. The molecule has 3 aromatic rings.